The van der Waals surface area contributed by atoms with Crippen LogP contribution >= 0.6 is 27.7 Å². The van der Waals surface area contributed by atoms with E-state index in [-0.39, 0.29) is 0 Å². The number of benzene rings is 1. The molecule has 0 nitrogen and oxygen atoms in total. The van der Waals surface area contributed by atoms with Gasteiger partial charge in [-0.2, -0.15) is 0 Å². The van der Waals surface area contributed by atoms with Crippen LogP contribution in [-0.2, 0) is 0 Å². The van der Waals surface area contributed by atoms with Gasteiger partial charge in [0.2, 0.25) is 0 Å². The summed E-state index contributed by atoms with van der Waals surface area (Å²) >= 11 is 5.51. The fraction of sp³-hybridized carbons (Fsp3) is 0.500. The first-order valence-electron chi connectivity index (χ1n) is 5.22. The Balaban J connectivity index is 2.21. The average Bonchev–Trinajstić information content (AvgIpc) is 2.20. The first kappa shape index (κ1) is 12.1. The zero-order chi connectivity index (χ0) is 10.2. The van der Waals surface area contributed by atoms with Crippen molar-refractivity contribution in [2.24, 2.45) is 0 Å². The third-order valence-corrected chi connectivity index (χ3v) is 4.21. The van der Waals surface area contributed by atoms with Crippen LogP contribution in [0.25, 0.3) is 0 Å². The summed E-state index contributed by atoms with van der Waals surface area (Å²) in [4.78, 5) is 1.36. The fourth-order valence-electron chi connectivity index (χ4n) is 1.27. The predicted octanol–water partition coefficient (Wildman–Crippen LogP) is 5.12. The van der Waals surface area contributed by atoms with E-state index in [0.29, 0.717) is 0 Å². The summed E-state index contributed by atoms with van der Waals surface area (Å²) in [6, 6.07) is 8.44. The lowest BCUT2D eigenvalue weighted by atomic mass is 10.2. The van der Waals surface area contributed by atoms with E-state index in [1.54, 1.807) is 0 Å². The van der Waals surface area contributed by atoms with E-state index < -0.39 is 0 Å². The summed E-state index contributed by atoms with van der Waals surface area (Å²) in [5.41, 5.74) is 0. The second kappa shape index (κ2) is 7.36. The minimum atomic E-state index is 1.22. The molecule has 0 aromatic heterocycles. The average molecular weight is 273 g/mol. The molecular weight excluding hydrogens is 256 g/mol. The lowest BCUT2D eigenvalue weighted by molar-refractivity contribution is 0.706. The quantitative estimate of drug-likeness (QED) is 0.512. The molecule has 0 unspecified atom stereocenters. The van der Waals surface area contributed by atoms with Crippen LogP contribution in [0.5, 0.6) is 0 Å². The number of unbranched alkanes of at least 4 members (excludes halogenated alkanes) is 3. The smallest absolute Gasteiger partial charge is 0.0311 e. The fourth-order valence-corrected chi connectivity index (χ4v) is 2.85. The van der Waals surface area contributed by atoms with Gasteiger partial charge in [0.25, 0.3) is 0 Å². The van der Waals surface area contributed by atoms with Gasteiger partial charge >= 0.3 is 0 Å². The van der Waals surface area contributed by atoms with Gasteiger partial charge in [0.05, 0.1) is 0 Å². The zero-order valence-electron chi connectivity index (χ0n) is 8.63. The predicted molar refractivity (Wildman–Crippen MR) is 69.0 cm³/mol. The van der Waals surface area contributed by atoms with Crippen molar-refractivity contribution in [3.8, 4) is 0 Å². The van der Waals surface area contributed by atoms with E-state index in [2.05, 4.69) is 47.1 Å². The van der Waals surface area contributed by atoms with E-state index in [1.807, 2.05) is 11.8 Å². The Labute approximate surface area is 99.6 Å². The molecule has 78 valence electrons. The van der Waals surface area contributed by atoms with Crippen molar-refractivity contribution in [1.29, 1.82) is 0 Å². The van der Waals surface area contributed by atoms with E-state index in [1.165, 1.54) is 40.8 Å². The Morgan fingerprint density at radius 3 is 2.64 bits per heavy atom. The number of halogens is 1. The molecule has 0 radical (unpaired) electrons. The van der Waals surface area contributed by atoms with Crippen LogP contribution in [-0.4, -0.2) is 5.75 Å². The Hall–Kier alpha value is 0.0500. The Kier molecular flexibility index (Phi) is 6.37. The molecule has 0 heterocycles. The van der Waals surface area contributed by atoms with Crippen molar-refractivity contribution in [1.82, 2.24) is 0 Å². The third kappa shape index (κ3) is 4.52. The standard InChI is InChI=1S/C12H17BrS/c1-2-3-4-7-10-14-12-9-6-5-8-11(12)13/h5-6,8-9H,2-4,7,10H2,1H3. The Bertz CT molecular complexity index is 260. The van der Waals surface area contributed by atoms with Gasteiger partial charge in [0.1, 0.15) is 0 Å². The van der Waals surface area contributed by atoms with Crippen molar-refractivity contribution in [2.75, 3.05) is 5.75 Å². The van der Waals surface area contributed by atoms with Crippen molar-refractivity contribution in [3.05, 3.63) is 28.7 Å². The molecule has 1 aromatic carbocycles. The van der Waals surface area contributed by atoms with E-state index in [4.69, 9.17) is 0 Å². The molecular formula is C12H17BrS. The van der Waals surface area contributed by atoms with Crippen molar-refractivity contribution >= 4 is 27.7 Å². The number of hydrogen-bond acceptors (Lipinski definition) is 1. The maximum Gasteiger partial charge on any atom is 0.0311 e. The minimum absolute atomic E-state index is 1.22. The largest absolute Gasteiger partial charge is 0.125 e. The molecule has 0 saturated carbocycles. The van der Waals surface area contributed by atoms with Crippen LogP contribution in [0.4, 0.5) is 0 Å². The van der Waals surface area contributed by atoms with E-state index in [0.717, 1.165) is 0 Å². The van der Waals surface area contributed by atoms with Crippen LogP contribution in [0, 0.1) is 0 Å². The van der Waals surface area contributed by atoms with Gasteiger partial charge in [0, 0.05) is 9.37 Å². The van der Waals surface area contributed by atoms with Gasteiger partial charge in [0.15, 0.2) is 0 Å². The molecule has 0 N–H and O–H groups in total. The minimum Gasteiger partial charge on any atom is -0.125 e. The lowest BCUT2D eigenvalue weighted by Crippen LogP contribution is -1.81. The molecule has 14 heavy (non-hydrogen) atoms. The molecule has 1 rings (SSSR count). The maximum atomic E-state index is 3.56. The third-order valence-electron chi connectivity index (χ3n) is 2.09. The molecule has 0 spiro atoms. The number of hydrogen-bond donors (Lipinski definition) is 0. The SMILES string of the molecule is CCCCCCSc1ccccc1Br. The molecule has 0 bridgehead atoms. The van der Waals surface area contributed by atoms with Gasteiger partial charge in [-0.3, -0.25) is 0 Å². The molecule has 2 heteroatoms. The molecule has 0 aliphatic rings. The second-order valence-electron chi connectivity index (χ2n) is 3.34. The highest BCUT2D eigenvalue weighted by Crippen LogP contribution is 2.27. The molecule has 0 amide bonds. The molecule has 0 aliphatic carbocycles. The first-order chi connectivity index (χ1) is 6.84. The van der Waals surface area contributed by atoms with Gasteiger partial charge in [-0.15, -0.1) is 11.8 Å². The van der Waals surface area contributed by atoms with Crippen LogP contribution in [0.2, 0.25) is 0 Å². The molecule has 0 aliphatic heterocycles. The molecule has 0 atom stereocenters. The monoisotopic (exact) mass is 272 g/mol. The van der Waals surface area contributed by atoms with E-state index in [9.17, 15) is 0 Å². The first-order valence-corrected chi connectivity index (χ1v) is 6.99. The highest BCUT2D eigenvalue weighted by Gasteiger charge is 1.98. The topological polar surface area (TPSA) is 0 Å². The highest BCUT2D eigenvalue weighted by molar-refractivity contribution is 9.10. The van der Waals surface area contributed by atoms with Crippen LogP contribution in [0.3, 0.4) is 0 Å². The summed E-state index contributed by atoms with van der Waals surface area (Å²) in [5, 5.41) is 0. The lowest BCUT2D eigenvalue weighted by Gasteiger charge is -2.03. The van der Waals surface area contributed by atoms with Crippen molar-refractivity contribution in [2.45, 2.75) is 37.5 Å². The summed E-state index contributed by atoms with van der Waals surface area (Å²) in [6.07, 6.45) is 5.39. The Morgan fingerprint density at radius 2 is 1.93 bits per heavy atom. The summed E-state index contributed by atoms with van der Waals surface area (Å²) in [7, 11) is 0. The second-order valence-corrected chi connectivity index (χ2v) is 5.33. The number of rotatable bonds is 6. The van der Waals surface area contributed by atoms with Crippen LogP contribution in [0.1, 0.15) is 32.6 Å². The van der Waals surface area contributed by atoms with Gasteiger partial charge in [-0.05, 0) is 40.2 Å². The van der Waals surface area contributed by atoms with Gasteiger partial charge in [-0.25, -0.2) is 0 Å². The van der Waals surface area contributed by atoms with Gasteiger partial charge < -0.3 is 0 Å². The highest BCUT2D eigenvalue weighted by atomic mass is 79.9. The molecule has 1 aromatic rings. The normalized spacial score (nSPS) is 10.4. The van der Waals surface area contributed by atoms with Crippen molar-refractivity contribution in [3.63, 3.8) is 0 Å². The Morgan fingerprint density at radius 1 is 1.14 bits per heavy atom. The van der Waals surface area contributed by atoms with E-state index >= 15 is 0 Å². The maximum absolute atomic E-state index is 3.56. The van der Waals surface area contributed by atoms with Crippen LogP contribution < -0.4 is 0 Å². The van der Waals surface area contributed by atoms with Crippen LogP contribution in [0.15, 0.2) is 33.6 Å². The number of thioether (sulfide) groups is 1. The van der Waals surface area contributed by atoms with Crippen molar-refractivity contribution < 1.29 is 0 Å². The summed E-state index contributed by atoms with van der Waals surface area (Å²) in [5.74, 6) is 1.24. The summed E-state index contributed by atoms with van der Waals surface area (Å²) < 4.78 is 1.22. The zero-order valence-corrected chi connectivity index (χ0v) is 11.0. The molecule has 0 fully saturated rings. The molecule has 0 saturated heterocycles. The summed E-state index contributed by atoms with van der Waals surface area (Å²) in [6.45, 7) is 2.25. The van der Waals surface area contributed by atoms with Gasteiger partial charge in [-0.1, -0.05) is 38.3 Å².